The fourth-order valence-corrected chi connectivity index (χ4v) is 3.08. The van der Waals surface area contributed by atoms with Crippen molar-refractivity contribution < 1.29 is 14.4 Å². The monoisotopic (exact) mass is 377 g/mol. The number of hydrogen-bond acceptors (Lipinski definition) is 9. The molecule has 3 heterocycles. The predicted octanol–water partition coefficient (Wildman–Crippen LogP) is 1.42. The molecule has 4 N–H and O–H groups in total. The summed E-state index contributed by atoms with van der Waals surface area (Å²) in [5.74, 6) is 1.29. The molecule has 0 radical (unpaired) electrons. The maximum absolute atomic E-state index is 11.5. The third kappa shape index (κ3) is 4.42. The van der Waals surface area contributed by atoms with Gasteiger partial charge < -0.3 is 20.9 Å². The molecule has 2 aromatic rings. The van der Waals surface area contributed by atoms with E-state index in [-0.39, 0.29) is 24.2 Å². The van der Waals surface area contributed by atoms with Crippen LogP contribution in [0.1, 0.15) is 36.8 Å². The van der Waals surface area contributed by atoms with Gasteiger partial charge in [-0.05, 0) is 26.2 Å². The molecule has 1 fully saturated rings. The molecule has 0 saturated carbocycles. The lowest BCUT2D eigenvalue weighted by Gasteiger charge is -2.23. The van der Waals surface area contributed by atoms with Crippen molar-refractivity contribution in [3.05, 3.63) is 27.7 Å². The van der Waals surface area contributed by atoms with Crippen molar-refractivity contribution in [2.24, 2.45) is 0 Å². The first-order valence-electron chi connectivity index (χ1n) is 8.78. The molecule has 3 rings (SSSR count). The molecule has 11 nitrogen and oxygen atoms in total. The number of nitrogens with zero attached hydrogens (tertiary/aromatic N) is 5. The van der Waals surface area contributed by atoms with Crippen LogP contribution >= 0.6 is 0 Å². The van der Waals surface area contributed by atoms with Gasteiger partial charge in [0.25, 0.3) is 5.88 Å². The van der Waals surface area contributed by atoms with Crippen LogP contribution in [0.2, 0.25) is 0 Å². The zero-order valence-corrected chi connectivity index (χ0v) is 15.1. The fraction of sp³-hybridized carbons (Fsp3) is 0.562. The minimum Gasteiger partial charge on any atom is -0.473 e. The summed E-state index contributed by atoms with van der Waals surface area (Å²) in [6, 6.07) is 1.41. The lowest BCUT2D eigenvalue weighted by Crippen LogP contribution is -2.23. The third-order valence-corrected chi connectivity index (χ3v) is 4.27. The highest BCUT2D eigenvalue weighted by molar-refractivity contribution is 5.46. The molecule has 1 unspecified atom stereocenters. The number of nitrogens with two attached hydrogens (primary N) is 2. The summed E-state index contributed by atoms with van der Waals surface area (Å²) in [6.45, 7) is 3.01. The van der Waals surface area contributed by atoms with Crippen LogP contribution < -0.4 is 16.2 Å². The topological polar surface area (TPSA) is 157 Å². The number of ether oxygens (including phenoxy) is 2. The van der Waals surface area contributed by atoms with Gasteiger partial charge in [0, 0.05) is 19.1 Å². The van der Waals surface area contributed by atoms with E-state index in [1.807, 2.05) is 0 Å². The predicted molar refractivity (Wildman–Crippen MR) is 97.4 cm³/mol. The van der Waals surface area contributed by atoms with Gasteiger partial charge in [-0.15, -0.1) is 0 Å². The Bertz CT molecular complexity index is 797. The average molecular weight is 377 g/mol. The summed E-state index contributed by atoms with van der Waals surface area (Å²) in [5.41, 5.74) is 11.5. The Labute approximate surface area is 155 Å². The van der Waals surface area contributed by atoms with Crippen LogP contribution in [-0.2, 0) is 11.2 Å². The summed E-state index contributed by atoms with van der Waals surface area (Å²) >= 11 is 0. The van der Waals surface area contributed by atoms with E-state index in [2.05, 4.69) is 15.1 Å². The van der Waals surface area contributed by atoms with Gasteiger partial charge in [-0.1, -0.05) is 0 Å². The fourth-order valence-electron chi connectivity index (χ4n) is 3.08. The first-order valence-corrected chi connectivity index (χ1v) is 8.78. The van der Waals surface area contributed by atoms with Crippen LogP contribution in [-0.4, -0.2) is 44.5 Å². The van der Waals surface area contributed by atoms with Crippen molar-refractivity contribution in [3.8, 4) is 5.88 Å². The van der Waals surface area contributed by atoms with Crippen molar-refractivity contribution in [2.75, 3.05) is 31.3 Å². The number of hydrogen-bond donors (Lipinski definition) is 2. The second kappa shape index (κ2) is 8.16. The first-order chi connectivity index (χ1) is 13.0. The van der Waals surface area contributed by atoms with E-state index >= 15 is 0 Å². The van der Waals surface area contributed by atoms with E-state index in [1.54, 1.807) is 11.6 Å². The van der Waals surface area contributed by atoms with Crippen molar-refractivity contribution >= 4 is 17.3 Å². The van der Waals surface area contributed by atoms with Gasteiger partial charge in [-0.3, -0.25) is 10.1 Å². The van der Waals surface area contributed by atoms with Gasteiger partial charge in [0.2, 0.25) is 0 Å². The molecule has 0 amide bonds. The molecule has 1 saturated heterocycles. The Morgan fingerprint density at radius 3 is 2.78 bits per heavy atom. The van der Waals surface area contributed by atoms with Crippen LogP contribution in [0.5, 0.6) is 5.88 Å². The minimum atomic E-state index is -0.459. The maximum atomic E-state index is 11.5. The van der Waals surface area contributed by atoms with Gasteiger partial charge in [-0.25, -0.2) is 14.6 Å². The second-order valence-corrected chi connectivity index (χ2v) is 6.40. The molecule has 0 bridgehead atoms. The summed E-state index contributed by atoms with van der Waals surface area (Å²) in [6.07, 6.45) is 2.75. The molecule has 1 aliphatic heterocycles. The summed E-state index contributed by atoms with van der Waals surface area (Å²) in [5, 5.41) is 15.8. The highest BCUT2D eigenvalue weighted by atomic mass is 16.6. The number of aromatic nitrogens is 4. The van der Waals surface area contributed by atoms with Crippen molar-refractivity contribution in [2.45, 2.75) is 38.6 Å². The third-order valence-electron chi connectivity index (χ3n) is 4.27. The smallest absolute Gasteiger partial charge is 0.353 e. The van der Waals surface area contributed by atoms with Gasteiger partial charge >= 0.3 is 5.69 Å². The quantitative estimate of drug-likeness (QED) is 0.413. The SMILES string of the molecule is Cc1nn(C2CCCOC2)c(OCCCc2nc(N)cc(N)n2)c1[N+](=O)[O-]. The molecular weight excluding hydrogens is 354 g/mol. The molecule has 11 heteroatoms. The standard InChI is InChI=1S/C16H23N7O4/c1-10-15(23(24)25)16(22(21-10)11-4-2-6-26-9-11)27-7-3-5-14-19-12(17)8-13(18)20-14/h8,11H,2-7,9H2,1H3,(H4,17,18,19,20). The van der Waals surface area contributed by atoms with Gasteiger partial charge in [-0.2, -0.15) is 5.10 Å². The Morgan fingerprint density at radius 2 is 2.15 bits per heavy atom. The van der Waals surface area contributed by atoms with E-state index in [0.717, 1.165) is 12.8 Å². The molecule has 1 aliphatic rings. The summed E-state index contributed by atoms with van der Waals surface area (Å²) < 4.78 is 12.8. The highest BCUT2D eigenvalue weighted by Crippen LogP contribution is 2.35. The van der Waals surface area contributed by atoms with Gasteiger partial charge in [0.15, 0.2) is 0 Å². The molecule has 1 atom stereocenters. The molecule has 0 aromatic carbocycles. The van der Waals surface area contributed by atoms with E-state index in [4.69, 9.17) is 20.9 Å². The van der Waals surface area contributed by atoms with Crippen LogP contribution in [0.15, 0.2) is 6.07 Å². The van der Waals surface area contributed by atoms with E-state index < -0.39 is 4.92 Å². The van der Waals surface area contributed by atoms with Crippen LogP contribution in [0.4, 0.5) is 17.3 Å². The first kappa shape index (κ1) is 18.8. The van der Waals surface area contributed by atoms with Crippen LogP contribution in [0.3, 0.4) is 0 Å². The molecule has 2 aromatic heterocycles. The van der Waals surface area contributed by atoms with Crippen LogP contribution in [0, 0.1) is 17.0 Å². The average Bonchev–Trinajstić information content (AvgIpc) is 2.95. The normalized spacial score (nSPS) is 17.0. The number of rotatable bonds is 7. The molecule has 27 heavy (non-hydrogen) atoms. The maximum Gasteiger partial charge on any atom is 0.353 e. The zero-order chi connectivity index (χ0) is 19.4. The molecule has 0 spiro atoms. The lowest BCUT2D eigenvalue weighted by atomic mass is 10.1. The number of anilines is 2. The number of nitrogen functional groups attached to an aromatic ring is 2. The number of aryl methyl sites for hydroxylation is 2. The lowest BCUT2D eigenvalue weighted by molar-refractivity contribution is -0.386. The summed E-state index contributed by atoms with van der Waals surface area (Å²) in [4.78, 5) is 19.2. The van der Waals surface area contributed by atoms with Crippen molar-refractivity contribution in [3.63, 3.8) is 0 Å². The molecule has 146 valence electrons. The Balaban J connectivity index is 1.70. The van der Waals surface area contributed by atoms with Crippen molar-refractivity contribution in [1.29, 1.82) is 0 Å². The van der Waals surface area contributed by atoms with E-state index in [9.17, 15) is 10.1 Å². The van der Waals surface area contributed by atoms with Crippen molar-refractivity contribution in [1.82, 2.24) is 19.7 Å². The highest BCUT2D eigenvalue weighted by Gasteiger charge is 2.31. The van der Waals surface area contributed by atoms with E-state index in [1.165, 1.54) is 6.07 Å². The van der Waals surface area contributed by atoms with Crippen LogP contribution in [0.25, 0.3) is 0 Å². The molecule has 0 aliphatic carbocycles. The Kier molecular flexibility index (Phi) is 5.69. The van der Waals surface area contributed by atoms with E-state index in [0.29, 0.717) is 49.2 Å². The second-order valence-electron chi connectivity index (χ2n) is 6.40. The Hall–Kier alpha value is -2.95. The summed E-state index contributed by atoms with van der Waals surface area (Å²) in [7, 11) is 0. The largest absolute Gasteiger partial charge is 0.473 e. The number of nitro groups is 1. The minimum absolute atomic E-state index is 0.0711. The molecular formula is C16H23N7O4. The van der Waals surface area contributed by atoms with Gasteiger partial charge in [0.1, 0.15) is 23.2 Å². The zero-order valence-electron chi connectivity index (χ0n) is 15.1. The van der Waals surface area contributed by atoms with Gasteiger partial charge in [0.05, 0.1) is 24.2 Å². The Morgan fingerprint density at radius 1 is 1.41 bits per heavy atom.